The van der Waals surface area contributed by atoms with Crippen LogP contribution in [0.5, 0.6) is 11.5 Å². The fourth-order valence-corrected chi connectivity index (χ4v) is 2.93. The van der Waals surface area contributed by atoms with E-state index in [1.165, 1.54) is 0 Å². The summed E-state index contributed by atoms with van der Waals surface area (Å²) in [4.78, 5) is 35.6. The van der Waals surface area contributed by atoms with Crippen molar-refractivity contribution in [2.24, 2.45) is 0 Å². The minimum Gasteiger partial charge on any atom is -0.453 e. The second-order valence-electron chi connectivity index (χ2n) is 5.76. The molecule has 0 spiro atoms. The molecule has 2 N–H and O–H groups in total. The SMILES string of the molecule is O=C1CCC(NC(=O)c2ccc(-n3cccc3)c3c2OCO3)C(=O)N1. The molecule has 1 atom stereocenters. The summed E-state index contributed by atoms with van der Waals surface area (Å²) in [5, 5.41) is 4.86. The van der Waals surface area contributed by atoms with Gasteiger partial charge in [0.2, 0.25) is 18.6 Å². The van der Waals surface area contributed by atoms with Crippen LogP contribution in [0.25, 0.3) is 5.69 Å². The zero-order valence-electron chi connectivity index (χ0n) is 13.2. The molecule has 8 heteroatoms. The highest BCUT2D eigenvalue weighted by molar-refractivity contribution is 6.05. The first-order valence-corrected chi connectivity index (χ1v) is 7.84. The smallest absolute Gasteiger partial charge is 0.255 e. The van der Waals surface area contributed by atoms with Gasteiger partial charge in [-0.25, -0.2) is 0 Å². The van der Waals surface area contributed by atoms with Crippen LogP contribution in [0, 0.1) is 0 Å². The van der Waals surface area contributed by atoms with E-state index in [2.05, 4.69) is 10.6 Å². The predicted molar refractivity (Wildman–Crippen MR) is 85.5 cm³/mol. The topological polar surface area (TPSA) is 98.7 Å². The summed E-state index contributed by atoms with van der Waals surface area (Å²) in [5.41, 5.74) is 1.04. The number of nitrogens with one attached hydrogen (secondary N) is 2. The molecule has 128 valence electrons. The molecular weight excluding hydrogens is 326 g/mol. The Bertz CT molecular complexity index is 859. The summed E-state index contributed by atoms with van der Waals surface area (Å²) in [5.74, 6) is -0.454. The Labute approximate surface area is 142 Å². The van der Waals surface area contributed by atoms with Crippen molar-refractivity contribution >= 4 is 17.7 Å². The lowest BCUT2D eigenvalue weighted by atomic mass is 10.0. The van der Waals surface area contributed by atoms with Gasteiger partial charge in [-0.2, -0.15) is 0 Å². The number of benzene rings is 1. The van der Waals surface area contributed by atoms with Crippen LogP contribution in [0.2, 0.25) is 0 Å². The number of carbonyl (C=O) groups is 3. The largest absolute Gasteiger partial charge is 0.453 e. The number of piperidine rings is 1. The zero-order chi connectivity index (χ0) is 17.4. The van der Waals surface area contributed by atoms with E-state index in [1.807, 2.05) is 29.1 Å². The van der Waals surface area contributed by atoms with Gasteiger partial charge in [-0.3, -0.25) is 19.7 Å². The normalized spacial score (nSPS) is 18.8. The Morgan fingerprint density at radius 2 is 1.92 bits per heavy atom. The monoisotopic (exact) mass is 341 g/mol. The molecule has 2 aliphatic rings. The van der Waals surface area contributed by atoms with Gasteiger partial charge in [0.05, 0.1) is 11.3 Å². The number of imide groups is 1. The maximum Gasteiger partial charge on any atom is 0.255 e. The number of fused-ring (bicyclic) bond motifs is 1. The maximum absolute atomic E-state index is 12.6. The number of hydrogen-bond acceptors (Lipinski definition) is 5. The van der Waals surface area contributed by atoms with Crippen molar-refractivity contribution in [3.63, 3.8) is 0 Å². The number of aromatic nitrogens is 1. The van der Waals surface area contributed by atoms with E-state index in [-0.39, 0.29) is 31.1 Å². The third kappa shape index (κ3) is 2.71. The minimum absolute atomic E-state index is 0.0202. The van der Waals surface area contributed by atoms with Crippen LogP contribution in [-0.4, -0.2) is 35.1 Å². The van der Waals surface area contributed by atoms with E-state index in [0.717, 1.165) is 5.69 Å². The number of nitrogens with zero attached hydrogens (tertiary/aromatic N) is 1. The lowest BCUT2D eigenvalue weighted by molar-refractivity contribution is -0.134. The molecule has 1 fully saturated rings. The predicted octanol–water partition coefficient (Wildman–Crippen LogP) is 0.741. The van der Waals surface area contributed by atoms with E-state index in [9.17, 15) is 14.4 Å². The Hall–Kier alpha value is -3.29. The third-order valence-electron chi connectivity index (χ3n) is 4.17. The Morgan fingerprint density at radius 3 is 2.68 bits per heavy atom. The number of ether oxygens (including phenoxy) is 2. The molecule has 0 bridgehead atoms. The van der Waals surface area contributed by atoms with Gasteiger partial charge in [-0.1, -0.05) is 0 Å². The Morgan fingerprint density at radius 1 is 1.16 bits per heavy atom. The maximum atomic E-state index is 12.6. The second-order valence-corrected chi connectivity index (χ2v) is 5.76. The number of carbonyl (C=O) groups excluding carboxylic acids is 3. The molecule has 8 nitrogen and oxygen atoms in total. The van der Waals surface area contributed by atoms with Crippen LogP contribution in [-0.2, 0) is 9.59 Å². The second kappa shape index (κ2) is 5.97. The summed E-state index contributed by atoms with van der Waals surface area (Å²) in [6.07, 6.45) is 4.19. The first kappa shape index (κ1) is 15.3. The van der Waals surface area contributed by atoms with Crippen LogP contribution in [0.4, 0.5) is 0 Å². The highest BCUT2D eigenvalue weighted by Crippen LogP contribution is 2.41. The Balaban J connectivity index is 1.61. The van der Waals surface area contributed by atoms with Crippen LogP contribution in [0.1, 0.15) is 23.2 Å². The van der Waals surface area contributed by atoms with Crippen LogP contribution in [0.15, 0.2) is 36.7 Å². The minimum atomic E-state index is -0.743. The zero-order valence-corrected chi connectivity index (χ0v) is 13.2. The quantitative estimate of drug-likeness (QED) is 0.803. The molecule has 4 rings (SSSR count). The summed E-state index contributed by atoms with van der Waals surface area (Å²) in [7, 11) is 0. The van der Waals surface area contributed by atoms with E-state index in [0.29, 0.717) is 11.5 Å². The van der Waals surface area contributed by atoms with Gasteiger partial charge < -0.3 is 19.4 Å². The van der Waals surface area contributed by atoms with E-state index >= 15 is 0 Å². The molecule has 3 amide bonds. The van der Waals surface area contributed by atoms with E-state index in [1.54, 1.807) is 12.1 Å². The van der Waals surface area contributed by atoms with Gasteiger partial charge in [0, 0.05) is 18.8 Å². The van der Waals surface area contributed by atoms with E-state index < -0.39 is 17.9 Å². The molecule has 1 saturated heterocycles. The van der Waals surface area contributed by atoms with Crippen molar-refractivity contribution in [3.8, 4) is 17.2 Å². The summed E-state index contributed by atoms with van der Waals surface area (Å²) in [6.45, 7) is 0.0202. The van der Waals surface area contributed by atoms with Gasteiger partial charge in [0.1, 0.15) is 6.04 Å². The van der Waals surface area contributed by atoms with Crippen molar-refractivity contribution in [2.75, 3.05) is 6.79 Å². The Kier molecular flexibility index (Phi) is 3.64. The molecule has 0 aliphatic carbocycles. The number of hydrogen-bond donors (Lipinski definition) is 2. The fraction of sp³-hybridized carbons (Fsp3) is 0.235. The summed E-state index contributed by atoms with van der Waals surface area (Å²) < 4.78 is 12.9. The van der Waals surface area contributed by atoms with E-state index in [4.69, 9.17) is 9.47 Å². The van der Waals surface area contributed by atoms with Crippen molar-refractivity contribution in [2.45, 2.75) is 18.9 Å². The van der Waals surface area contributed by atoms with Crippen LogP contribution in [0.3, 0.4) is 0 Å². The average Bonchev–Trinajstić information content (AvgIpc) is 3.27. The number of rotatable bonds is 3. The molecule has 3 heterocycles. The summed E-state index contributed by atoms with van der Waals surface area (Å²) >= 11 is 0. The molecule has 1 aromatic carbocycles. The molecule has 1 aromatic heterocycles. The van der Waals surface area contributed by atoms with Crippen LogP contribution >= 0.6 is 0 Å². The first-order valence-electron chi connectivity index (χ1n) is 7.84. The van der Waals surface area contributed by atoms with Gasteiger partial charge in [-0.05, 0) is 30.7 Å². The molecule has 2 aliphatic heterocycles. The molecular formula is C17H15N3O5. The van der Waals surface area contributed by atoms with Gasteiger partial charge in [0.15, 0.2) is 11.5 Å². The fourth-order valence-electron chi connectivity index (χ4n) is 2.93. The van der Waals surface area contributed by atoms with Gasteiger partial charge >= 0.3 is 0 Å². The van der Waals surface area contributed by atoms with Crippen molar-refractivity contribution in [3.05, 3.63) is 42.2 Å². The standard InChI is InChI=1S/C17H15N3O5/c21-13-6-4-11(17(23)19-13)18-16(22)10-3-5-12(20-7-1-2-8-20)15-14(10)24-9-25-15/h1-3,5,7-8,11H,4,6,9H2,(H,18,22)(H,19,21,23). The molecule has 1 unspecified atom stereocenters. The highest BCUT2D eigenvalue weighted by atomic mass is 16.7. The molecule has 0 saturated carbocycles. The van der Waals surface area contributed by atoms with Gasteiger partial charge in [-0.15, -0.1) is 0 Å². The molecule has 25 heavy (non-hydrogen) atoms. The highest BCUT2D eigenvalue weighted by Gasteiger charge is 2.31. The average molecular weight is 341 g/mol. The first-order chi connectivity index (χ1) is 12.1. The third-order valence-corrected chi connectivity index (χ3v) is 4.17. The molecule has 0 radical (unpaired) electrons. The van der Waals surface area contributed by atoms with Gasteiger partial charge in [0.25, 0.3) is 5.91 Å². The van der Waals surface area contributed by atoms with Crippen molar-refractivity contribution in [1.82, 2.24) is 15.2 Å². The summed E-state index contributed by atoms with van der Waals surface area (Å²) in [6, 6.07) is 6.40. The van der Waals surface area contributed by atoms with Crippen LogP contribution < -0.4 is 20.1 Å². The number of amides is 3. The molecule has 2 aromatic rings. The van der Waals surface area contributed by atoms with Crippen molar-refractivity contribution in [1.29, 1.82) is 0 Å². The lowest BCUT2D eigenvalue weighted by Crippen LogP contribution is -2.52. The lowest BCUT2D eigenvalue weighted by Gasteiger charge is -2.22. The van der Waals surface area contributed by atoms with Crippen molar-refractivity contribution < 1.29 is 23.9 Å².